The van der Waals surface area contributed by atoms with Gasteiger partial charge < -0.3 is 13.1 Å². The molecule has 0 aliphatic rings. The van der Waals surface area contributed by atoms with Gasteiger partial charge in [0.15, 0.2) is 8.24 Å². The summed E-state index contributed by atoms with van der Waals surface area (Å²) in [6.45, 7) is 9.11. The summed E-state index contributed by atoms with van der Waals surface area (Å²) in [7, 11) is 0.243. The molecular formula is C12H26N2O2Si2. The fraction of sp³-hybridized carbons (Fsp3) is 0.750. The molecule has 4 nitrogen and oxygen atoms in total. The van der Waals surface area contributed by atoms with Gasteiger partial charge in [-0.15, -0.1) is 0 Å². The number of aromatic nitrogens is 2. The molecule has 0 amide bonds. The Balaban J connectivity index is 2.58. The van der Waals surface area contributed by atoms with E-state index in [1.165, 1.54) is 5.82 Å². The van der Waals surface area contributed by atoms with E-state index >= 15 is 0 Å². The Hall–Kier alpha value is -0.436. The van der Waals surface area contributed by atoms with Crippen molar-refractivity contribution < 1.29 is 8.85 Å². The van der Waals surface area contributed by atoms with Crippen LogP contribution in [0.4, 0.5) is 0 Å². The number of hydrogen-bond donors (Lipinski definition) is 0. The third-order valence-electron chi connectivity index (χ3n) is 3.33. The summed E-state index contributed by atoms with van der Waals surface area (Å²) in [5.41, 5.74) is 0. The average Bonchev–Trinajstić information content (AvgIpc) is 2.77. The largest absolute Gasteiger partial charge is 0.398 e. The molecule has 0 radical (unpaired) electrons. The van der Waals surface area contributed by atoms with Gasteiger partial charge in [-0.3, -0.25) is 0 Å². The third-order valence-corrected chi connectivity index (χ3v) is 8.18. The van der Waals surface area contributed by atoms with E-state index in [2.05, 4.69) is 41.6 Å². The standard InChI is InChI=1S/C12H26N2O2Si2/c1-15-18(6,16-2)11-7-8-12-13-9-10-14(12)17(3,4)5/h9-10H,7-8,11H2,1-6H3. The molecule has 1 aromatic heterocycles. The number of imidazole rings is 1. The Kier molecular flexibility index (Phi) is 5.33. The topological polar surface area (TPSA) is 36.3 Å². The predicted octanol–water partition coefficient (Wildman–Crippen LogP) is 2.86. The molecule has 0 saturated carbocycles. The van der Waals surface area contributed by atoms with Gasteiger partial charge in [-0.1, -0.05) is 19.6 Å². The van der Waals surface area contributed by atoms with Crippen molar-refractivity contribution in [3.63, 3.8) is 0 Å². The molecule has 0 fully saturated rings. The molecule has 0 spiro atoms. The van der Waals surface area contributed by atoms with Crippen molar-refractivity contribution >= 4 is 16.8 Å². The SMILES string of the molecule is CO[Si](C)(CCCc1nccn1[Si](C)(C)C)OC. The van der Waals surface area contributed by atoms with E-state index in [1.807, 2.05) is 6.20 Å². The maximum atomic E-state index is 5.50. The minimum atomic E-state index is -1.92. The van der Waals surface area contributed by atoms with Crippen LogP contribution in [0, 0.1) is 0 Å². The smallest absolute Gasteiger partial charge is 0.334 e. The van der Waals surface area contributed by atoms with E-state index < -0.39 is 16.8 Å². The Bertz CT molecular complexity index is 370. The zero-order valence-electron chi connectivity index (χ0n) is 12.5. The molecule has 0 N–H and O–H groups in total. The van der Waals surface area contributed by atoms with Crippen molar-refractivity contribution in [2.75, 3.05) is 14.2 Å². The Labute approximate surface area is 113 Å². The molecule has 1 rings (SSSR count). The van der Waals surface area contributed by atoms with Crippen LogP contribution in [-0.2, 0) is 15.3 Å². The monoisotopic (exact) mass is 286 g/mol. The molecule has 1 aromatic rings. The fourth-order valence-electron chi connectivity index (χ4n) is 1.99. The second-order valence-corrected chi connectivity index (χ2v) is 14.2. The van der Waals surface area contributed by atoms with Gasteiger partial charge in [0.25, 0.3) is 0 Å². The van der Waals surface area contributed by atoms with Crippen LogP contribution in [0.1, 0.15) is 12.2 Å². The van der Waals surface area contributed by atoms with Crippen LogP contribution < -0.4 is 0 Å². The van der Waals surface area contributed by atoms with Crippen LogP contribution in [0.15, 0.2) is 12.4 Å². The van der Waals surface area contributed by atoms with Gasteiger partial charge >= 0.3 is 8.56 Å². The zero-order valence-corrected chi connectivity index (χ0v) is 14.5. The van der Waals surface area contributed by atoms with Gasteiger partial charge in [-0.2, -0.15) is 0 Å². The first kappa shape index (κ1) is 15.6. The maximum absolute atomic E-state index is 5.50. The maximum Gasteiger partial charge on any atom is 0.334 e. The summed E-state index contributed by atoms with van der Waals surface area (Å²) in [5, 5.41) is 0. The third kappa shape index (κ3) is 4.05. The van der Waals surface area contributed by atoms with E-state index in [0.717, 1.165) is 18.9 Å². The highest BCUT2D eigenvalue weighted by Gasteiger charge is 2.28. The van der Waals surface area contributed by atoms with Gasteiger partial charge in [0.05, 0.1) is 0 Å². The predicted molar refractivity (Wildman–Crippen MR) is 79.7 cm³/mol. The second kappa shape index (κ2) is 6.14. The highest BCUT2D eigenvalue weighted by atomic mass is 28.4. The van der Waals surface area contributed by atoms with Crippen LogP contribution in [0.25, 0.3) is 0 Å². The number of rotatable bonds is 7. The summed E-state index contributed by atoms with van der Waals surface area (Å²) in [6, 6.07) is 1.01. The highest BCUT2D eigenvalue weighted by molar-refractivity contribution is 6.74. The van der Waals surface area contributed by atoms with Crippen molar-refractivity contribution in [1.82, 2.24) is 9.22 Å². The summed E-state index contributed by atoms with van der Waals surface area (Å²) in [4.78, 5) is 4.49. The van der Waals surface area contributed by atoms with Crippen molar-refractivity contribution in [3.8, 4) is 0 Å². The molecule has 0 saturated heterocycles. The average molecular weight is 287 g/mol. The van der Waals surface area contributed by atoms with E-state index in [-0.39, 0.29) is 0 Å². The Morgan fingerprint density at radius 2 is 1.78 bits per heavy atom. The lowest BCUT2D eigenvalue weighted by Crippen LogP contribution is -2.36. The lowest BCUT2D eigenvalue weighted by Gasteiger charge is -2.24. The van der Waals surface area contributed by atoms with Gasteiger partial charge in [0.1, 0.15) is 5.82 Å². The molecule has 104 valence electrons. The van der Waals surface area contributed by atoms with Gasteiger partial charge in [0.2, 0.25) is 0 Å². The highest BCUT2D eigenvalue weighted by Crippen LogP contribution is 2.17. The first-order valence-corrected chi connectivity index (χ1v) is 12.4. The summed E-state index contributed by atoms with van der Waals surface area (Å²) in [6.07, 6.45) is 6.11. The number of aryl methyl sites for hydroxylation is 1. The van der Waals surface area contributed by atoms with E-state index in [0.29, 0.717) is 0 Å². The molecule has 0 aromatic carbocycles. The Morgan fingerprint density at radius 1 is 1.17 bits per heavy atom. The van der Waals surface area contributed by atoms with Gasteiger partial charge in [-0.05, 0) is 19.0 Å². The van der Waals surface area contributed by atoms with Gasteiger partial charge in [0, 0.05) is 33.0 Å². The molecule has 0 atom stereocenters. The molecule has 0 aliphatic heterocycles. The fourth-order valence-corrected chi connectivity index (χ4v) is 4.84. The van der Waals surface area contributed by atoms with Crippen LogP contribution in [-0.4, -0.2) is 40.2 Å². The minimum Gasteiger partial charge on any atom is -0.398 e. The van der Waals surface area contributed by atoms with Crippen LogP contribution in [0.3, 0.4) is 0 Å². The van der Waals surface area contributed by atoms with Crippen LogP contribution in [0.2, 0.25) is 32.2 Å². The number of hydrogen-bond acceptors (Lipinski definition) is 3. The molecule has 0 bridgehead atoms. The molecule has 1 heterocycles. The van der Waals surface area contributed by atoms with E-state index in [1.54, 1.807) is 14.2 Å². The number of nitrogens with zero attached hydrogens (tertiary/aromatic N) is 2. The van der Waals surface area contributed by atoms with Crippen LogP contribution >= 0.6 is 0 Å². The first-order chi connectivity index (χ1) is 8.32. The molecule has 18 heavy (non-hydrogen) atoms. The van der Waals surface area contributed by atoms with Crippen molar-refractivity contribution in [2.45, 2.75) is 45.1 Å². The Morgan fingerprint density at radius 3 is 2.28 bits per heavy atom. The second-order valence-electron chi connectivity index (χ2n) is 5.78. The summed E-state index contributed by atoms with van der Waals surface area (Å²) >= 11 is 0. The molecular weight excluding hydrogens is 260 g/mol. The molecule has 0 unspecified atom stereocenters. The van der Waals surface area contributed by atoms with Crippen molar-refractivity contribution in [1.29, 1.82) is 0 Å². The summed E-state index contributed by atoms with van der Waals surface area (Å²) < 4.78 is 13.4. The van der Waals surface area contributed by atoms with E-state index in [9.17, 15) is 0 Å². The lowest BCUT2D eigenvalue weighted by molar-refractivity contribution is 0.248. The lowest BCUT2D eigenvalue weighted by atomic mass is 10.3. The van der Waals surface area contributed by atoms with Crippen molar-refractivity contribution in [3.05, 3.63) is 18.2 Å². The zero-order chi connectivity index (χ0) is 13.8. The van der Waals surface area contributed by atoms with Gasteiger partial charge in [-0.25, -0.2) is 4.98 Å². The van der Waals surface area contributed by atoms with E-state index in [4.69, 9.17) is 8.85 Å². The van der Waals surface area contributed by atoms with Crippen molar-refractivity contribution in [2.24, 2.45) is 0 Å². The summed E-state index contributed by atoms with van der Waals surface area (Å²) in [5.74, 6) is 1.21. The first-order valence-electron chi connectivity index (χ1n) is 6.45. The minimum absolute atomic E-state index is 1.01. The normalized spacial score (nSPS) is 13.0. The molecule has 0 aliphatic carbocycles. The molecule has 6 heteroatoms. The quantitative estimate of drug-likeness (QED) is 0.723. The van der Waals surface area contributed by atoms with Crippen LogP contribution in [0.5, 0.6) is 0 Å².